The second-order valence-electron chi connectivity index (χ2n) is 3.97. The third-order valence-corrected chi connectivity index (χ3v) is 2.70. The van der Waals surface area contributed by atoms with Crippen LogP contribution in [0.5, 0.6) is 0 Å². The summed E-state index contributed by atoms with van der Waals surface area (Å²) >= 11 is 0. The van der Waals surface area contributed by atoms with Crippen molar-refractivity contribution in [3.05, 3.63) is 17.8 Å². The standard InChI is InChI=1S/C11H16N4O/c1-8-9(12)3-4-10(14-8)15-6-2-5-13-11(16)7-15/h3-4H,2,5-7,12H2,1H3,(H,13,16). The van der Waals surface area contributed by atoms with E-state index in [0.717, 1.165) is 31.0 Å². The highest BCUT2D eigenvalue weighted by Crippen LogP contribution is 2.16. The smallest absolute Gasteiger partial charge is 0.239 e. The number of nitrogen functional groups attached to an aromatic ring is 1. The number of carbonyl (C=O) groups is 1. The van der Waals surface area contributed by atoms with Crippen molar-refractivity contribution in [2.24, 2.45) is 0 Å². The van der Waals surface area contributed by atoms with Crippen LogP contribution in [0, 0.1) is 6.92 Å². The van der Waals surface area contributed by atoms with Crippen LogP contribution in [0.1, 0.15) is 12.1 Å². The minimum atomic E-state index is 0.0498. The molecule has 5 heteroatoms. The minimum absolute atomic E-state index is 0.0498. The second kappa shape index (κ2) is 4.38. The van der Waals surface area contributed by atoms with Crippen LogP contribution < -0.4 is 16.0 Å². The number of rotatable bonds is 1. The highest BCUT2D eigenvalue weighted by atomic mass is 16.2. The number of nitrogens with two attached hydrogens (primary N) is 1. The maximum absolute atomic E-state index is 11.4. The Morgan fingerprint density at radius 3 is 3.06 bits per heavy atom. The molecule has 16 heavy (non-hydrogen) atoms. The summed E-state index contributed by atoms with van der Waals surface area (Å²) in [6.45, 7) is 3.82. The molecule has 5 nitrogen and oxygen atoms in total. The van der Waals surface area contributed by atoms with Gasteiger partial charge in [0.15, 0.2) is 0 Å². The quantitative estimate of drug-likeness (QED) is 0.714. The fraction of sp³-hybridized carbons (Fsp3) is 0.455. The first-order chi connectivity index (χ1) is 7.66. The number of nitrogens with zero attached hydrogens (tertiary/aromatic N) is 2. The highest BCUT2D eigenvalue weighted by molar-refractivity contribution is 5.81. The zero-order chi connectivity index (χ0) is 11.5. The molecule has 0 atom stereocenters. The van der Waals surface area contributed by atoms with Crippen LogP contribution in [0.15, 0.2) is 12.1 Å². The molecule has 0 radical (unpaired) electrons. The lowest BCUT2D eigenvalue weighted by molar-refractivity contribution is -0.119. The highest BCUT2D eigenvalue weighted by Gasteiger charge is 2.16. The van der Waals surface area contributed by atoms with Gasteiger partial charge in [-0.05, 0) is 25.5 Å². The summed E-state index contributed by atoms with van der Waals surface area (Å²) in [4.78, 5) is 17.8. The van der Waals surface area contributed by atoms with Gasteiger partial charge >= 0.3 is 0 Å². The number of nitrogens with one attached hydrogen (secondary N) is 1. The van der Waals surface area contributed by atoms with E-state index in [1.807, 2.05) is 24.0 Å². The molecule has 1 aliphatic heterocycles. The van der Waals surface area contributed by atoms with Gasteiger partial charge in [0.05, 0.1) is 17.9 Å². The Balaban J connectivity index is 2.21. The van der Waals surface area contributed by atoms with Crippen LogP contribution in [0.2, 0.25) is 0 Å². The lowest BCUT2D eigenvalue weighted by atomic mass is 10.3. The van der Waals surface area contributed by atoms with Gasteiger partial charge in [0.25, 0.3) is 0 Å². The van der Waals surface area contributed by atoms with Crippen LogP contribution >= 0.6 is 0 Å². The maximum Gasteiger partial charge on any atom is 0.239 e. The molecule has 1 aromatic rings. The Morgan fingerprint density at radius 2 is 2.31 bits per heavy atom. The molecule has 1 saturated heterocycles. The third-order valence-electron chi connectivity index (χ3n) is 2.70. The lowest BCUT2D eigenvalue weighted by Crippen LogP contribution is -2.33. The predicted molar refractivity (Wildman–Crippen MR) is 63.2 cm³/mol. The molecule has 3 N–H and O–H groups in total. The normalized spacial score (nSPS) is 16.8. The van der Waals surface area contributed by atoms with Gasteiger partial charge in [0.1, 0.15) is 5.82 Å². The molecule has 0 unspecified atom stereocenters. The van der Waals surface area contributed by atoms with Crippen molar-refractivity contribution in [1.29, 1.82) is 0 Å². The van der Waals surface area contributed by atoms with E-state index in [1.165, 1.54) is 0 Å². The number of hydrogen-bond acceptors (Lipinski definition) is 4. The van der Waals surface area contributed by atoms with Gasteiger partial charge in [-0.15, -0.1) is 0 Å². The number of pyridine rings is 1. The molecule has 1 aromatic heterocycles. The molecule has 0 bridgehead atoms. The zero-order valence-electron chi connectivity index (χ0n) is 9.36. The van der Waals surface area contributed by atoms with Gasteiger partial charge in [-0.3, -0.25) is 4.79 Å². The number of aryl methyl sites for hydroxylation is 1. The topological polar surface area (TPSA) is 71.2 Å². The monoisotopic (exact) mass is 220 g/mol. The van der Waals surface area contributed by atoms with Gasteiger partial charge in [0.2, 0.25) is 5.91 Å². The van der Waals surface area contributed by atoms with E-state index in [1.54, 1.807) is 0 Å². The minimum Gasteiger partial charge on any atom is -0.397 e. The average molecular weight is 220 g/mol. The average Bonchev–Trinajstić information content (AvgIpc) is 2.47. The zero-order valence-corrected chi connectivity index (χ0v) is 9.36. The molecular weight excluding hydrogens is 204 g/mol. The molecule has 2 rings (SSSR count). The molecule has 2 heterocycles. The van der Waals surface area contributed by atoms with Gasteiger partial charge in [0, 0.05) is 13.1 Å². The first kappa shape index (κ1) is 10.7. The van der Waals surface area contributed by atoms with E-state index < -0.39 is 0 Å². The van der Waals surface area contributed by atoms with Crippen molar-refractivity contribution >= 4 is 17.4 Å². The Kier molecular flexibility index (Phi) is 2.94. The Labute approximate surface area is 94.6 Å². The number of carbonyl (C=O) groups excluding carboxylic acids is 1. The van der Waals surface area contributed by atoms with E-state index in [0.29, 0.717) is 12.2 Å². The van der Waals surface area contributed by atoms with E-state index in [4.69, 9.17) is 5.73 Å². The predicted octanol–water partition coefficient (Wildman–Crippen LogP) is 0.299. The molecule has 0 aromatic carbocycles. The van der Waals surface area contributed by atoms with Gasteiger partial charge in [-0.25, -0.2) is 4.98 Å². The van der Waals surface area contributed by atoms with Crippen LogP contribution in [0.4, 0.5) is 11.5 Å². The lowest BCUT2D eigenvalue weighted by Gasteiger charge is -2.20. The van der Waals surface area contributed by atoms with Crippen molar-refractivity contribution < 1.29 is 4.79 Å². The van der Waals surface area contributed by atoms with Crippen LogP contribution in [0.3, 0.4) is 0 Å². The van der Waals surface area contributed by atoms with Crippen molar-refractivity contribution in [3.63, 3.8) is 0 Å². The largest absolute Gasteiger partial charge is 0.397 e. The summed E-state index contributed by atoms with van der Waals surface area (Å²) < 4.78 is 0. The van der Waals surface area contributed by atoms with Crippen LogP contribution in [0.25, 0.3) is 0 Å². The number of amides is 1. The van der Waals surface area contributed by atoms with Gasteiger partial charge in [-0.2, -0.15) is 0 Å². The van der Waals surface area contributed by atoms with Crippen molar-refractivity contribution in [3.8, 4) is 0 Å². The number of anilines is 2. The number of aromatic nitrogens is 1. The Bertz CT molecular complexity index is 405. The van der Waals surface area contributed by atoms with Gasteiger partial charge < -0.3 is 16.0 Å². The first-order valence-electron chi connectivity index (χ1n) is 5.41. The van der Waals surface area contributed by atoms with E-state index in [9.17, 15) is 4.79 Å². The van der Waals surface area contributed by atoms with Crippen LogP contribution in [-0.2, 0) is 4.79 Å². The molecule has 86 valence electrons. The summed E-state index contributed by atoms with van der Waals surface area (Å²) in [5.74, 6) is 0.873. The van der Waals surface area contributed by atoms with E-state index in [-0.39, 0.29) is 5.91 Å². The van der Waals surface area contributed by atoms with E-state index >= 15 is 0 Å². The maximum atomic E-state index is 11.4. The summed E-state index contributed by atoms with van der Waals surface area (Å²) in [7, 11) is 0. The third kappa shape index (κ3) is 2.24. The summed E-state index contributed by atoms with van der Waals surface area (Å²) in [6, 6.07) is 3.70. The Morgan fingerprint density at radius 1 is 1.50 bits per heavy atom. The van der Waals surface area contributed by atoms with E-state index in [2.05, 4.69) is 10.3 Å². The fourth-order valence-electron chi connectivity index (χ4n) is 1.74. The molecule has 1 fully saturated rings. The van der Waals surface area contributed by atoms with Crippen LogP contribution in [-0.4, -0.2) is 30.5 Å². The molecule has 0 saturated carbocycles. The summed E-state index contributed by atoms with van der Waals surface area (Å²) in [5, 5.41) is 2.84. The van der Waals surface area contributed by atoms with Crippen molar-refractivity contribution in [2.45, 2.75) is 13.3 Å². The SMILES string of the molecule is Cc1nc(N2CCCNC(=O)C2)ccc1N. The summed E-state index contributed by atoms with van der Waals surface area (Å²) in [5.41, 5.74) is 7.21. The summed E-state index contributed by atoms with van der Waals surface area (Å²) in [6.07, 6.45) is 0.941. The molecule has 0 spiro atoms. The first-order valence-corrected chi connectivity index (χ1v) is 5.41. The van der Waals surface area contributed by atoms with Crippen molar-refractivity contribution in [1.82, 2.24) is 10.3 Å². The second-order valence-corrected chi connectivity index (χ2v) is 3.97. The number of hydrogen-bond donors (Lipinski definition) is 2. The molecule has 1 aliphatic rings. The molecular formula is C11H16N4O. The van der Waals surface area contributed by atoms with Gasteiger partial charge in [-0.1, -0.05) is 0 Å². The molecule has 0 aliphatic carbocycles. The molecule has 1 amide bonds. The fourth-order valence-corrected chi connectivity index (χ4v) is 1.74. The Hall–Kier alpha value is -1.78. The van der Waals surface area contributed by atoms with Crippen molar-refractivity contribution in [2.75, 3.05) is 30.3 Å².